The summed E-state index contributed by atoms with van der Waals surface area (Å²) in [5.74, 6) is 1.31. The highest BCUT2D eigenvalue weighted by Gasteiger charge is 2.32. The molecule has 0 radical (unpaired) electrons. The van der Waals surface area contributed by atoms with Crippen molar-refractivity contribution in [1.29, 1.82) is 0 Å². The van der Waals surface area contributed by atoms with Crippen molar-refractivity contribution < 1.29 is 19.1 Å². The van der Waals surface area contributed by atoms with Crippen molar-refractivity contribution in [3.8, 4) is 11.5 Å². The number of nitrogens with zero attached hydrogens (tertiary/aromatic N) is 2. The molecule has 2 aliphatic rings. The number of urea groups is 1. The maximum Gasteiger partial charge on any atom is 0.315 e. The summed E-state index contributed by atoms with van der Waals surface area (Å²) in [4.78, 5) is 28.6. The van der Waals surface area contributed by atoms with E-state index < -0.39 is 0 Å². The van der Waals surface area contributed by atoms with E-state index in [-0.39, 0.29) is 24.4 Å². The molecule has 8 nitrogen and oxygen atoms in total. The molecule has 1 atom stereocenters. The number of rotatable bonds is 7. The Morgan fingerprint density at radius 1 is 1.13 bits per heavy atom. The van der Waals surface area contributed by atoms with Gasteiger partial charge in [-0.3, -0.25) is 4.79 Å². The molecule has 0 saturated carbocycles. The molecule has 0 unspecified atom stereocenters. The number of carbonyl (C=O) groups is 2. The molecule has 2 heterocycles. The summed E-state index contributed by atoms with van der Waals surface area (Å²) in [7, 11) is 2.02. The predicted molar refractivity (Wildman–Crippen MR) is 118 cm³/mol. The fourth-order valence-corrected chi connectivity index (χ4v) is 3.82. The van der Waals surface area contributed by atoms with E-state index in [1.54, 1.807) is 4.90 Å². The second-order valence-corrected chi connectivity index (χ2v) is 7.86. The monoisotopic (exact) mass is 424 g/mol. The molecule has 1 saturated heterocycles. The van der Waals surface area contributed by atoms with Gasteiger partial charge in [0.25, 0.3) is 0 Å². The Morgan fingerprint density at radius 2 is 1.90 bits per heavy atom. The van der Waals surface area contributed by atoms with Crippen LogP contribution in [0.5, 0.6) is 11.5 Å². The highest BCUT2D eigenvalue weighted by Crippen LogP contribution is 2.35. The van der Waals surface area contributed by atoms with E-state index in [0.717, 1.165) is 18.8 Å². The van der Waals surface area contributed by atoms with Gasteiger partial charge < -0.3 is 29.9 Å². The Morgan fingerprint density at radius 3 is 2.71 bits per heavy atom. The first-order valence-electron chi connectivity index (χ1n) is 10.6. The Hall–Kier alpha value is -3.26. The second-order valence-electron chi connectivity index (χ2n) is 7.86. The van der Waals surface area contributed by atoms with Crippen LogP contribution in [0.25, 0.3) is 0 Å². The maximum absolute atomic E-state index is 12.5. The maximum atomic E-state index is 12.5. The molecule has 3 amide bonds. The highest BCUT2D eigenvalue weighted by molar-refractivity contribution is 5.97. The van der Waals surface area contributed by atoms with Crippen LogP contribution in [0.4, 0.5) is 10.5 Å². The number of amides is 3. The molecule has 0 bridgehead atoms. The molecule has 2 aliphatic heterocycles. The molecule has 2 aromatic carbocycles. The number of carbonyl (C=O) groups excluding carboxylic acids is 2. The van der Waals surface area contributed by atoms with E-state index in [0.29, 0.717) is 37.8 Å². The summed E-state index contributed by atoms with van der Waals surface area (Å²) >= 11 is 0. The van der Waals surface area contributed by atoms with Crippen molar-refractivity contribution >= 4 is 17.6 Å². The molecule has 8 heteroatoms. The molecule has 0 aliphatic carbocycles. The minimum atomic E-state index is -0.255. The summed E-state index contributed by atoms with van der Waals surface area (Å²) < 4.78 is 11.1. The third-order valence-electron chi connectivity index (χ3n) is 5.37. The number of nitrogens with one attached hydrogen (secondary N) is 2. The van der Waals surface area contributed by atoms with Gasteiger partial charge in [0.2, 0.25) is 5.91 Å². The summed E-state index contributed by atoms with van der Waals surface area (Å²) in [6.07, 6.45) is 0.274. The van der Waals surface area contributed by atoms with Gasteiger partial charge in [-0.25, -0.2) is 4.79 Å². The van der Waals surface area contributed by atoms with Crippen LogP contribution in [0.1, 0.15) is 12.0 Å². The lowest BCUT2D eigenvalue weighted by molar-refractivity contribution is -0.117. The summed E-state index contributed by atoms with van der Waals surface area (Å²) in [5, 5.41) is 5.79. The Bertz CT molecular complexity index is 921. The van der Waals surface area contributed by atoms with E-state index in [2.05, 4.69) is 27.7 Å². The molecule has 2 aromatic rings. The van der Waals surface area contributed by atoms with Crippen LogP contribution in [0.3, 0.4) is 0 Å². The first-order valence-corrected chi connectivity index (χ1v) is 10.6. The molecule has 164 valence electrons. The van der Waals surface area contributed by atoms with Gasteiger partial charge in [0.15, 0.2) is 11.5 Å². The zero-order valence-corrected chi connectivity index (χ0v) is 17.7. The van der Waals surface area contributed by atoms with E-state index in [1.807, 2.05) is 43.4 Å². The largest absolute Gasteiger partial charge is 0.486 e. The lowest BCUT2D eigenvalue weighted by Crippen LogP contribution is -2.45. The standard InChI is InChI=1S/C23H28N4O4/c1-26(15-17-5-3-2-4-6-17)10-9-24-23(29)25-18-13-22(28)27(16-18)19-7-8-20-21(14-19)31-12-11-30-20/h2-8,14,18H,9-13,15-16H2,1H3,(H2,24,25,29)/t18-/m0/s1. The van der Waals surface area contributed by atoms with Crippen LogP contribution in [0.15, 0.2) is 48.5 Å². The van der Waals surface area contributed by atoms with Gasteiger partial charge >= 0.3 is 6.03 Å². The molecule has 4 rings (SSSR count). The fourth-order valence-electron chi connectivity index (χ4n) is 3.82. The number of likely N-dealkylation sites (N-methyl/N-ethyl adjacent to an activating group) is 1. The molecule has 1 fully saturated rings. The van der Waals surface area contributed by atoms with Crippen molar-refractivity contribution in [1.82, 2.24) is 15.5 Å². The third-order valence-corrected chi connectivity index (χ3v) is 5.37. The Kier molecular flexibility index (Phi) is 6.57. The van der Waals surface area contributed by atoms with Gasteiger partial charge in [-0.05, 0) is 24.7 Å². The van der Waals surface area contributed by atoms with Gasteiger partial charge in [-0.2, -0.15) is 0 Å². The number of fused-ring (bicyclic) bond motifs is 1. The molecule has 31 heavy (non-hydrogen) atoms. The van der Waals surface area contributed by atoms with E-state index in [9.17, 15) is 9.59 Å². The number of hydrogen-bond donors (Lipinski definition) is 2. The van der Waals surface area contributed by atoms with E-state index >= 15 is 0 Å². The van der Waals surface area contributed by atoms with Crippen LogP contribution in [0.2, 0.25) is 0 Å². The van der Waals surface area contributed by atoms with Gasteiger partial charge in [0.05, 0.1) is 6.04 Å². The summed E-state index contributed by atoms with van der Waals surface area (Å²) in [6.45, 7) is 3.54. The number of hydrogen-bond acceptors (Lipinski definition) is 5. The number of anilines is 1. The lowest BCUT2D eigenvalue weighted by Gasteiger charge is -2.22. The molecule has 0 aromatic heterocycles. The predicted octanol–water partition coefficient (Wildman–Crippen LogP) is 1.99. The molecular weight excluding hydrogens is 396 g/mol. The summed E-state index contributed by atoms with van der Waals surface area (Å²) in [5.41, 5.74) is 1.99. The zero-order valence-electron chi connectivity index (χ0n) is 17.7. The van der Waals surface area contributed by atoms with Crippen molar-refractivity contribution in [3.63, 3.8) is 0 Å². The minimum absolute atomic E-state index is 0.0235. The topological polar surface area (TPSA) is 83.1 Å². The quantitative estimate of drug-likeness (QED) is 0.710. The lowest BCUT2D eigenvalue weighted by atomic mass is 10.2. The van der Waals surface area contributed by atoms with Crippen LogP contribution in [-0.2, 0) is 11.3 Å². The Balaban J connectivity index is 1.22. The van der Waals surface area contributed by atoms with E-state index in [4.69, 9.17) is 9.47 Å². The normalized spacial score (nSPS) is 17.7. The van der Waals surface area contributed by atoms with Crippen molar-refractivity contribution in [2.24, 2.45) is 0 Å². The van der Waals surface area contributed by atoms with Crippen LogP contribution < -0.4 is 25.0 Å². The number of ether oxygens (including phenoxy) is 2. The number of benzene rings is 2. The fraction of sp³-hybridized carbons (Fsp3) is 0.391. The average Bonchev–Trinajstić information content (AvgIpc) is 3.13. The first kappa shape index (κ1) is 21.0. The average molecular weight is 425 g/mol. The van der Waals surface area contributed by atoms with Crippen molar-refractivity contribution in [2.75, 3.05) is 44.8 Å². The van der Waals surface area contributed by atoms with Crippen LogP contribution >= 0.6 is 0 Å². The highest BCUT2D eigenvalue weighted by atomic mass is 16.6. The van der Waals surface area contributed by atoms with E-state index in [1.165, 1.54) is 5.56 Å². The van der Waals surface area contributed by atoms with Gasteiger partial charge in [-0.1, -0.05) is 30.3 Å². The van der Waals surface area contributed by atoms with Crippen LogP contribution in [-0.4, -0.2) is 62.8 Å². The summed E-state index contributed by atoms with van der Waals surface area (Å²) in [6, 6.07) is 15.2. The minimum Gasteiger partial charge on any atom is -0.486 e. The second kappa shape index (κ2) is 9.70. The van der Waals surface area contributed by atoms with Crippen molar-refractivity contribution in [3.05, 3.63) is 54.1 Å². The van der Waals surface area contributed by atoms with Gasteiger partial charge in [-0.15, -0.1) is 0 Å². The molecule has 2 N–H and O–H groups in total. The SMILES string of the molecule is CN(CCNC(=O)N[C@H]1CC(=O)N(c2ccc3c(c2)OCCO3)C1)Cc1ccccc1. The van der Waals surface area contributed by atoms with Gasteiger partial charge in [0.1, 0.15) is 13.2 Å². The van der Waals surface area contributed by atoms with Crippen molar-refractivity contribution in [2.45, 2.75) is 19.0 Å². The van der Waals surface area contributed by atoms with Crippen LogP contribution in [0, 0.1) is 0 Å². The first-order chi connectivity index (χ1) is 15.1. The third kappa shape index (κ3) is 5.46. The van der Waals surface area contributed by atoms with Gasteiger partial charge in [0, 0.05) is 44.4 Å². The Labute approximate surface area is 182 Å². The molecular formula is C23H28N4O4. The molecule has 0 spiro atoms. The zero-order chi connectivity index (χ0) is 21.6. The smallest absolute Gasteiger partial charge is 0.315 e.